The molecule has 21 heavy (non-hydrogen) atoms. The maximum absolute atomic E-state index is 5.11. The molecule has 6 heteroatoms. The Labute approximate surface area is 124 Å². The SMILES string of the molecule is Cc1noc(CCNC2CCN(c3ccccn3)CC2)n1. The highest BCUT2D eigenvalue weighted by atomic mass is 16.5. The van der Waals surface area contributed by atoms with Crippen LogP contribution >= 0.6 is 0 Å². The summed E-state index contributed by atoms with van der Waals surface area (Å²) in [6, 6.07) is 6.64. The molecule has 0 atom stereocenters. The van der Waals surface area contributed by atoms with Crippen LogP contribution in [0.15, 0.2) is 28.9 Å². The van der Waals surface area contributed by atoms with Crippen LogP contribution in [0.5, 0.6) is 0 Å². The molecule has 0 aliphatic carbocycles. The van der Waals surface area contributed by atoms with Gasteiger partial charge in [0.1, 0.15) is 5.82 Å². The predicted molar refractivity (Wildman–Crippen MR) is 80.2 cm³/mol. The van der Waals surface area contributed by atoms with E-state index in [2.05, 4.69) is 31.4 Å². The van der Waals surface area contributed by atoms with E-state index in [0.717, 1.165) is 44.7 Å². The van der Waals surface area contributed by atoms with Gasteiger partial charge in [0.2, 0.25) is 5.89 Å². The minimum Gasteiger partial charge on any atom is -0.357 e. The molecule has 2 aromatic rings. The van der Waals surface area contributed by atoms with Crippen LogP contribution in [-0.2, 0) is 6.42 Å². The number of pyridine rings is 1. The minimum atomic E-state index is 0.564. The Morgan fingerprint density at radius 3 is 2.86 bits per heavy atom. The lowest BCUT2D eigenvalue weighted by molar-refractivity contribution is 0.361. The Bertz CT molecular complexity index is 548. The molecule has 6 nitrogen and oxygen atoms in total. The van der Waals surface area contributed by atoms with Gasteiger partial charge in [-0.3, -0.25) is 0 Å². The number of nitrogens with zero attached hydrogens (tertiary/aromatic N) is 4. The molecule has 3 rings (SSSR count). The predicted octanol–water partition coefficient (Wildman–Crippen LogP) is 1.57. The van der Waals surface area contributed by atoms with Crippen molar-refractivity contribution >= 4 is 5.82 Å². The van der Waals surface area contributed by atoms with Gasteiger partial charge < -0.3 is 14.7 Å². The van der Waals surface area contributed by atoms with E-state index in [1.165, 1.54) is 0 Å². The fraction of sp³-hybridized carbons (Fsp3) is 0.533. The van der Waals surface area contributed by atoms with Crippen molar-refractivity contribution in [1.29, 1.82) is 0 Å². The molecule has 1 aliphatic heterocycles. The molecule has 0 radical (unpaired) electrons. The van der Waals surface area contributed by atoms with Crippen LogP contribution in [0.3, 0.4) is 0 Å². The summed E-state index contributed by atoms with van der Waals surface area (Å²) in [5, 5.41) is 7.37. The Hall–Kier alpha value is -1.95. The van der Waals surface area contributed by atoms with Crippen LogP contribution in [0.25, 0.3) is 0 Å². The zero-order chi connectivity index (χ0) is 14.5. The van der Waals surface area contributed by atoms with Gasteiger partial charge in [-0.25, -0.2) is 4.98 Å². The number of hydrogen-bond acceptors (Lipinski definition) is 6. The molecule has 0 amide bonds. The molecule has 3 heterocycles. The fourth-order valence-corrected chi connectivity index (χ4v) is 2.68. The largest absolute Gasteiger partial charge is 0.357 e. The lowest BCUT2D eigenvalue weighted by atomic mass is 10.0. The first-order valence-corrected chi connectivity index (χ1v) is 7.50. The van der Waals surface area contributed by atoms with E-state index in [1.807, 2.05) is 25.3 Å². The van der Waals surface area contributed by atoms with Crippen molar-refractivity contribution in [3.63, 3.8) is 0 Å². The highest BCUT2D eigenvalue weighted by Crippen LogP contribution is 2.17. The van der Waals surface area contributed by atoms with Gasteiger partial charge >= 0.3 is 0 Å². The smallest absolute Gasteiger partial charge is 0.227 e. The van der Waals surface area contributed by atoms with Gasteiger partial charge in [-0.05, 0) is 31.9 Å². The van der Waals surface area contributed by atoms with E-state index >= 15 is 0 Å². The number of piperidine rings is 1. The zero-order valence-corrected chi connectivity index (χ0v) is 12.3. The maximum Gasteiger partial charge on any atom is 0.227 e. The third-order valence-corrected chi connectivity index (χ3v) is 3.81. The average Bonchev–Trinajstić information content (AvgIpc) is 2.94. The highest BCUT2D eigenvalue weighted by molar-refractivity contribution is 5.38. The minimum absolute atomic E-state index is 0.564. The van der Waals surface area contributed by atoms with Crippen molar-refractivity contribution in [2.75, 3.05) is 24.5 Å². The molecular formula is C15H21N5O. The molecule has 0 saturated carbocycles. The second-order valence-electron chi connectivity index (χ2n) is 5.39. The van der Waals surface area contributed by atoms with Crippen molar-refractivity contribution in [1.82, 2.24) is 20.4 Å². The standard InChI is InChI=1S/C15H21N5O/c1-12-18-15(21-19-12)5-9-16-13-6-10-20(11-7-13)14-4-2-3-8-17-14/h2-4,8,13,16H,5-7,9-11H2,1H3. The highest BCUT2D eigenvalue weighted by Gasteiger charge is 2.19. The first-order chi connectivity index (χ1) is 10.3. The first kappa shape index (κ1) is 14.0. The molecule has 1 saturated heterocycles. The quantitative estimate of drug-likeness (QED) is 0.900. The molecule has 1 N–H and O–H groups in total. The monoisotopic (exact) mass is 287 g/mol. The molecule has 0 aromatic carbocycles. The van der Waals surface area contributed by atoms with Gasteiger partial charge in [-0.2, -0.15) is 4.98 Å². The zero-order valence-electron chi connectivity index (χ0n) is 12.3. The van der Waals surface area contributed by atoms with Gasteiger partial charge in [-0.1, -0.05) is 11.2 Å². The molecule has 1 aliphatic rings. The first-order valence-electron chi connectivity index (χ1n) is 7.50. The molecule has 2 aromatic heterocycles. The molecule has 0 bridgehead atoms. The number of anilines is 1. The molecule has 112 valence electrons. The third-order valence-electron chi connectivity index (χ3n) is 3.81. The second-order valence-corrected chi connectivity index (χ2v) is 5.39. The van der Waals surface area contributed by atoms with E-state index in [4.69, 9.17) is 4.52 Å². The number of aryl methyl sites for hydroxylation is 1. The number of rotatable bonds is 5. The van der Waals surface area contributed by atoms with E-state index in [1.54, 1.807) is 0 Å². The van der Waals surface area contributed by atoms with E-state index in [0.29, 0.717) is 17.8 Å². The van der Waals surface area contributed by atoms with Crippen molar-refractivity contribution in [2.24, 2.45) is 0 Å². The van der Waals surface area contributed by atoms with Gasteiger partial charge in [0.15, 0.2) is 5.82 Å². The number of hydrogen-bond donors (Lipinski definition) is 1. The van der Waals surface area contributed by atoms with Crippen molar-refractivity contribution in [3.05, 3.63) is 36.1 Å². The van der Waals surface area contributed by atoms with Crippen LogP contribution in [0.4, 0.5) is 5.82 Å². The van der Waals surface area contributed by atoms with E-state index in [9.17, 15) is 0 Å². The Kier molecular flexibility index (Phi) is 4.45. The Morgan fingerprint density at radius 2 is 2.19 bits per heavy atom. The summed E-state index contributed by atoms with van der Waals surface area (Å²) in [5.74, 6) is 2.50. The van der Waals surface area contributed by atoms with Gasteiger partial charge in [0.25, 0.3) is 0 Å². The molecular weight excluding hydrogens is 266 g/mol. The topological polar surface area (TPSA) is 67.1 Å². The molecule has 1 fully saturated rings. The maximum atomic E-state index is 5.11. The lowest BCUT2D eigenvalue weighted by Gasteiger charge is -2.33. The summed E-state index contributed by atoms with van der Waals surface area (Å²) in [6.45, 7) is 4.83. The lowest BCUT2D eigenvalue weighted by Crippen LogP contribution is -2.43. The fourth-order valence-electron chi connectivity index (χ4n) is 2.68. The van der Waals surface area contributed by atoms with Gasteiger partial charge in [-0.15, -0.1) is 0 Å². The van der Waals surface area contributed by atoms with E-state index in [-0.39, 0.29) is 0 Å². The Balaban J connectivity index is 1.40. The third kappa shape index (κ3) is 3.78. The number of aromatic nitrogens is 3. The molecule has 0 spiro atoms. The summed E-state index contributed by atoms with van der Waals surface area (Å²) in [7, 11) is 0. The summed E-state index contributed by atoms with van der Waals surface area (Å²) < 4.78 is 5.11. The van der Waals surface area contributed by atoms with Crippen LogP contribution < -0.4 is 10.2 Å². The summed E-state index contributed by atoms with van der Waals surface area (Å²) in [4.78, 5) is 11.0. The van der Waals surface area contributed by atoms with Crippen molar-refractivity contribution in [3.8, 4) is 0 Å². The van der Waals surface area contributed by atoms with Crippen molar-refractivity contribution in [2.45, 2.75) is 32.2 Å². The molecule has 0 unspecified atom stereocenters. The van der Waals surface area contributed by atoms with Gasteiger partial charge in [0.05, 0.1) is 0 Å². The Morgan fingerprint density at radius 1 is 1.33 bits per heavy atom. The summed E-state index contributed by atoms with van der Waals surface area (Å²) in [6.07, 6.45) is 4.92. The van der Waals surface area contributed by atoms with E-state index < -0.39 is 0 Å². The second kappa shape index (κ2) is 6.67. The van der Waals surface area contributed by atoms with Crippen LogP contribution in [-0.4, -0.2) is 40.8 Å². The summed E-state index contributed by atoms with van der Waals surface area (Å²) in [5.41, 5.74) is 0. The number of nitrogens with one attached hydrogen (secondary N) is 1. The summed E-state index contributed by atoms with van der Waals surface area (Å²) >= 11 is 0. The van der Waals surface area contributed by atoms with Crippen LogP contribution in [0.1, 0.15) is 24.6 Å². The van der Waals surface area contributed by atoms with Crippen LogP contribution in [0, 0.1) is 6.92 Å². The normalized spacial score (nSPS) is 16.3. The average molecular weight is 287 g/mol. The van der Waals surface area contributed by atoms with Gasteiger partial charge in [0, 0.05) is 38.3 Å². The van der Waals surface area contributed by atoms with Crippen LogP contribution in [0.2, 0.25) is 0 Å². The van der Waals surface area contributed by atoms with Crippen molar-refractivity contribution < 1.29 is 4.52 Å².